The van der Waals surface area contributed by atoms with Crippen LogP contribution in [0.2, 0.25) is 0 Å². The van der Waals surface area contributed by atoms with Crippen molar-refractivity contribution in [2.75, 3.05) is 31.2 Å². The van der Waals surface area contributed by atoms with Crippen molar-refractivity contribution in [2.45, 2.75) is 0 Å². The van der Waals surface area contributed by atoms with Crippen molar-refractivity contribution < 1.29 is 14.0 Å². The monoisotopic (exact) mass is 251 g/mol. The van der Waals surface area contributed by atoms with Gasteiger partial charge in [-0.05, 0) is 15.5 Å². The maximum Gasteiger partial charge on any atom is 0.261 e. The Morgan fingerprint density at radius 2 is 1.94 bits per heavy atom. The molecule has 2 aromatic rings. The van der Waals surface area contributed by atoms with Gasteiger partial charge in [-0.3, -0.25) is 0 Å². The summed E-state index contributed by atoms with van der Waals surface area (Å²) < 4.78 is 14.3. The second-order valence-corrected chi connectivity index (χ2v) is 3.48. The van der Waals surface area contributed by atoms with Crippen LogP contribution in [-0.4, -0.2) is 46.9 Å². The van der Waals surface area contributed by atoms with Gasteiger partial charge in [0, 0.05) is 13.1 Å². The Labute approximate surface area is 101 Å². The van der Waals surface area contributed by atoms with Crippen LogP contribution in [0.1, 0.15) is 0 Å². The molecule has 0 N–H and O–H groups in total. The first-order chi connectivity index (χ1) is 8.93. The van der Waals surface area contributed by atoms with E-state index >= 15 is 0 Å². The molecule has 10 heteroatoms. The van der Waals surface area contributed by atoms with E-state index in [-0.39, 0.29) is 5.82 Å². The van der Waals surface area contributed by atoms with Gasteiger partial charge in [0.05, 0.1) is 13.2 Å². The van der Waals surface area contributed by atoms with E-state index in [0.29, 0.717) is 37.9 Å². The van der Waals surface area contributed by atoms with E-state index < -0.39 is 0 Å². The summed E-state index contributed by atoms with van der Waals surface area (Å²) in [6.45, 7) is 2.69. The molecule has 0 amide bonds. The number of nitrogens with zero attached hydrogens (tertiary/aromatic N) is 7. The van der Waals surface area contributed by atoms with Crippen LogP contribution in [0.4, 0.5) is 17.5 Å². The molecule has 1 saturated heterocycles. The number of rotatable bonds is 3. The Bertz CT molecular complexity index is 517. The van der Waals surface area contributed by atoms with Gasteiger partial charge in [0.2, 0.25) is 11.6 Å². The summed E-state index contributed by atoms with van der Waals surface area (Å²) in [6.07, 6.45) is 1.34. The molecule has 0 aliphatic carbocycles. The van der Waals surface area contributed by atoms with Crippen LogP contribution < -0.4 is 4.90 Å². The zero-order valence-electron chi connectivity index (χ0n) is 9.26. The van der Waals surface area contributed by atoms with Crippen molar-refractivity contribution in [1.82, 2.24) is 20.6 Å². The van der Waals surface area contributed by atoms with E-state index in [1.807, 2.05) is 4.90 Å². The lowest BCUT2D eigenvalue weighted by Crippen LogP contribution is -2.36. The van der Waals surface area contributed by atoms with Gasteiger partial charge in [-0.15, -0.1) is 10.2 Å². The number of azo groups is 1. The van der Waals surface area contributed by atoms with Crippen LogP contribution in [-0.2, 0) is 4.74 Å². The van der Waals surface area contributed by atoms with Crippen molar-refractivity contribution in [2.24, 2.45) is 10.2 Å². The van der Waals surface area contributed by atoms with Gasteiger partial charge < -0.3 is 9.64 Å². The third-order valence-electron chi connectivity index (χ3n) is 2.36. The van der Waals surface area contributed by atoms with E-state index in [4.69, 9.17) is 4.74 Å². The molecule has 3 heterocycles. The molecule has 2 aromatic heterocycles. The van der Waals surface area contributed by atoms with Gasteiger partial charge in [0.25, 0.3) is 5.82 Å². The summed E-state index contributed by atoms with van der Waals surface area (Å²) >= 11 is 0. The van der Waals surface area contributed by atoms with E-state index in [0.717, 1.165) is 0 Å². The number of ether oxygens (including phenoxy) is 1. The minimum atomic E-state index is 0.255. The van der Waals surface area contributed by atoms with Gasteiger partial charge in [0.15, 0.2) is 0 Å². The lowest BCUT2D eigenvalue weighted by molar-refractivity contribution is 0.122. The molecule has 3 rings (SSSR count). The molecule has 0 unspecified atom stereocenters. The number of hydrogen-bond acceptors (Lipinski definition) is 10. The van der Waals surface area contributed by atoms with E-state index in [2.05, 4.69) is 40.1 Å². The SMILES string of the molecule is c1nonc1N=Nc1nonc1N1CCOCC1. The second-order valence-electron chi connectivity index (χ2n) is 3.48. The van der Waals surface area contributed by atoms with Crippen molar-refractivity contribution in [1.29, 1.82) is 0 Å². The summed E-state index contributed by atoms with van der Waals surface area (Å²) in [7, 11) is 0. The lowest BCUT2D eigenvalue weighted by Gasteiger charge is -2.25. The van der Waals surface area contributed by atoms with Crippen molar-refractivity contribution >= 4 is 17.5 Å². The molecule has 0 aromatic carbocycles. The van der Waals surface area contributed by atoms with Crippen LogP contribution in [0.3, 0.4) is 0 Å². The van der Waals surface area contributed by atoms with Crippen LogP contribution >= 0.6 is 0 Å². The Kier molecular flexibility index (Phi) is 2.92. The van der Waals surface area contributed by atoms with Gasteiger partial charge in [-0.2, -0.15) is 0 Å². The predicted octanol–water partition coefficient (Wildman–Crippen LogP) is 0.705. The average Bonchev–Trinajstić information content (AvgIpc) is 3.09. The van der Waals surface area contributed by atoms with Gasteiger partial charge in [-0.25, -0.2) is 9.26 Å². The smallest absolute Gasteiger partial charge is 0.261 e. The Hall–Kier alpha value is -2.36. The normalized spacial score (nSPS) is 16.6. The van der Waals surface area contributed by atoms with Crippen LogP contribution in [0.15, 0.2) is 25.7 Å². The summed E-state index contributed by atoms with van der Waals surface area (Å²) in [5.41, 5.74) is 0. The molecule has 0 bridgehead atoms. The lowest BCUT2D eigenvalue weighted by atomic mass is 10.4. The zero-order chi connectivity index (χ0) is 12.2. The van der Waals surface area contributed by atoms with Crippen molar-refractivity contribution in [3.63, 3.8) is 0 Å². The Balaban J connectivity index is 1.78. The van der Waals surface area contributed by atoms with E-state index in [1.54, 1.807) is 0 Å². The maximum absolute atomic E-state index is 5.25. The second kappa shape index (κ2) is 4.87. The van der Waals surface area contributed by atoms with Crippen LogP contribution in [0.5, 0.6) is 0 Å². The molecule has 10 nitrogen and oxygen atoms in total. The highest BCUT2D eigenvalue weighted by atomic mass is 16.6. The summed E-state index contributed by atoms with van der Waals surface area (Å²) in [5.74, 6) is 1.09. The highest BCUT2D eigenvalue weighted by Gasteiger charge is 2.20. The predicted molar refractivity (Wildman–Crippen MR) is 55.8 cm³/mol. The van der Waals surface area contributed by atoms with Crippen molar-refractivity contribution in [3.05, 3.63) is 6.20 Å². The quantitative estimate of drug-likeness (QED) is 0.732. The highest BCUT2D eigenvalue weighted by molar-refractivity contribution is 5.55. The fourth-order valence-electron chi connectivity index (χ4n) is 1.52. The molecule has 1 aliphatic heterocycles. The molecule has 18 heavy (non-hydrogen) atoms. The van der Waals surface area contributed by atoms with Gasteiger partial charge in [0.1, 0.15) is 6.20 Å². The Morgan fingerprint density at radius 3 is 2.72 bits per heavy atom. The molecule has 0 saturated carbocycles. The molecular weight excluding hydrogens is 242 g/mol. The van der Waals surface area contributed by atoms with E-state index in [1.165, 1.54) is 6.20 Å². The number of anilines is 1. The topological polar surface area (TPSA) is 115 Å². The first-order valence-corrected chi connectivity index (χ1v) is 5.28. The summed E-state index contributed by atoms with van der Waals surface area (Å²) in [4.78, 5) is 1.97. The molecule has 94 valence electrons. The summed E-state index contributed by atoms with van der Waals surface area (Å²) in [5, 5.41) is 22.1. The Morgan fingerprint density at radius 1 is 1.06 bits per heavy atom. The highest BCUT2D eigenvalue weighted by Crippen LogP contribution is 2.26. The largest absolute Gasteiger partial charge is 0.378 e. The fourth-order valence-corrected chi connectivity index (χ4v) is 1.52. The first-order valence-electron chi connectivity index (χ1n) is 5.28. The molecule has 0 spiro atoms. The van der Waals surface area contributed by atoms with Gasteiger partial charge >= 0.3 is 0 Å². The first kappa shape index (κ1) is 10.8. The molecular formula is C8H9N7O3. The maximum atomic E-state index is 5.25. The zero-order valence-corrected chi connectivity index (χ0v) is 9.26. The van der Waals surface area contributed by atoms with Crippen LogP contribution in [0, 0.1) is 0 Å². The van der Waals surface area contributed by atoms with Crippen molar-refractivity contribution in [3.8, 4) is 0 Å². The minimum Gasteiger partial charge on any atom is -0.378 e. The fraction of sp³-hybridized carbons (Fsp3) is 0.500. The average molecular weight is 251 g/mol. The molecule has 1 aliphatic rings. The number of aromatic nitrogens is 4. The third-order valence-corrected chi connectivity index (χ3v) is 2.36. The van der Waals surface area contributed by atoms with Crippen LogP contribution in [0.25, 0.3) is 0 Å². The minimum absolute atomic E-state index is 0.255. The number of hydrogen-bond donors (Lipinski definition) is 0. The number of morpholine rings is 1. The molecule has 1 fully saturated rings. The summed E-state index contributed by atoms with van der Waals surface area (Å²) in [6, 6.07) is 0. The molecule has 0 radical (unpaired) electrons. The molecule has 0 atom stereocenters. The van der Waals surface area contributed by atoms with Gasteiger partial charge in [-0.1, -0.05) is 5.16 Å². The van der Waals surface area contributed by atoms with E-state index in [9.17, 15) is 0 Å². The third kappa shape index (κ3) is 2.18. The standard InChI is InChI=1S/C8H9N7O3/c1-3-16-4-2-15(1)8-7(13-18-14-8)11-10-6-5-9-17-12-6/h5H,1-4H2.